The molecule has 0 radical (unpaired) electrons. The Morgan fingerprint density at radius 3 is 2.25 bits per heavy atom. The van der Waals surface area contributed by atoms with E-state index in [4.69, 9.17) is 14.2 Å². The Labute approximate surface area is 142 Å². The first-order chi connectivity index (χ1) is 11.7. The number of hydrogen-bond donors (Lipinski definition) is 0. The minimum atomic E-state index is -0.359. The van der Waals surface area contributed by atoms with Gasteiger partial charge in [-0.05, 0) is 53.9 Å². The highest BCUT2D eigenvalue weighted by atomic mass is 16.5. The summed E-state index contributed by atoms with van der Waals surface area (Å²) in [6.07, 6.45) is 0.847. The van der Waals surface area contributed by atoms with Gasteiger partial charge >= 0.3 is 0 Å². The van der Waals surface area contributed by atoms with Crippen molar-refractivity contribution in [2.45, 2.75) is 12.5 Å². The average Bonchev–Trinajstić information content (AvgIpc) is 2.65. The molecule has 0 fully saturated rings. The number of benzene rings is 2. The summed E-state index contributed by atoms with van der Waals surface area (Å²) in [7, 11) is 4.87. The minimum absolute atomic E-state index is 0.359. The largest absolute Gasteiger partial charge is 0.497 e. The SMILES string of the molecule is COc1ccc(N2CCc3cc(OC)c(OC)cc3[C@@H]2C#N)cc1. The van der Waals surface area contributed by atoms with Crippen LogP contribution in [0.2, 0.25) is 0 Å². The van der Waals surface area contributed by atoms with Gasteiger partial charge in [-0.2, -0.15) is 5.26 Å². The Hall–Kier alpha value is -2.87. The van der Waals surface area contributed by atoms with Crippen molar-refractivity contribution in [2.75, 3.05) is 32.8 Å². The van der Waals surface area contributed by atoms with E-state index in [2.05, 4.69) is 11.0 Å². The van der Waals surface area contributed by atoms with Crippen LogP contribution in [0.1, 0.15) is 17.2 Å². The molecule has 124 valence electrons. The van der Waals surface area contributed by atoms with Gasteiger partial charge in [-0.25, -0.2) is 0 Å². The maximum Gasteiger partial charge on any atom is 0.161 e. The molecule has 3 rings (SSSR count). The normalized spacial score (nSPS) is 16.1. The van der Waals surface area contributed by atoms with Gasteiger partial charge in [0.1, 0.15) is 11.8 Å². The second-order valence-corrected chi connectivity index (χ2v) is 5.58. The summed E-state index contributed by atoms with van der Waals surface area (Å²) in [4.78, 5) is 2.10. The second-order valence-electron chi connectivity index (χ2n) is 5.58. The zero-order valence-corrected chi connectivity index (χ0v) is 14.1. The number of hydrogen-bond acceptors (Lipinski definition) is 5. The third kappa shape index (κ3) is 2.71. The predicted octanol–water partition coefficient (Wildman–Crippen LogP) is 3.34. The molecule has 0 bridgehead atoms. The fourth-order valence-electron chi connectivity index (χ4n) is 3.14. The Bertz CT molecular complexity index is 765. The highest BCUT2D eigenvalue weighted by Crippen LogP contribution is 2.39. The van der Waals surface area contributed by atoms with Crippen molar-refractivity contribution in [1.82, 2.24) is 0 Å². The number of anilines is 1. The first-order valence-corrected chi connectivity index (χ1v) is 7.77. The lowest BCUT2D eigenvalue weighted by Crippen LogP contribution is -2.34. The van der Waals surface area contributed by atoms with E-state index < -0.39 is 0 Å². The highest BCUT2D eigenvalue weighted by Gasteiger charge is 2.29. The van der Waals surface area contributed by atoms with Crippen molar-refractivity contribution in [2.24, 2.45) is 0 Å². The third-order valence-corrected chi connectivity index (χ3v) is 4.40. The van der Waals surface area contributed by atoms with Crippen molar-refractivity contribution in [1.29, 1.82) is 5.26 Å². The smallest absolute Gasteiger partial charge is 0.161 e. The molecular weight excluding hydrogens is 304 g/mol. The number of methoxy groups -OCH3 is 3. The predicted molar refractivity (Wildman–Crippen MR) is 91.9 cm³/mol. The first kappa shape index (κ1) is 16.0. The zero-order valence-electron chi connectivity index (χ0n) is 14.1. The minimum Gasteiger partial charge on any atom is -0.497 e. The Balaban J connectivity index is 2.00. The van der Waals surface area contributed by atoms with Crippen molar-refractivity contribution < 1.29 is 14.2 Å². The molecule has 1 heterocycles. The van der Waals surface area contributed by atoms with Gasteiger partial charge in [-0.3, -0.25) is 0 Å². The number of fused-ring (bicyclic) bond motifs is 1. The van der Waals surface area contributed by atoms with Crippen LogP contribution in [0, 0.1) is 11.3 Å². The molecule has 2 aromatic carbocycles. The van der Waals surface area contributed by atoms with Gasteiger partial charge in [0.15, 0.2) is 11.5 Å². The maximum atomic E-state index is 9.77. The summed E-state index contributed by atoms with van der Waals surface area (Å²) >= 11 is 0. The number of ether oxygens (including phenoxy) is 3. The van der Waals surface area contributed by atoms with E-state index in [1.165, 1.54) is 0 Å². The number of nitriles is 1. The van der Waals surface area contributed by atoms with E-state index in [1.807, 2.05) is 36.4 Å². The van der Waals surface area contributed by atoms with Crippen LogP contribution in [0.15, 0.2) is 36.4 Å². The van der Waals surface area contributed by atoms with Crippen LogP contribution in [-0.4, -0.2) is 27.9 Å². The van der Waals surface area contributed by atoms with Crippen molar-refractivity contribution in [3.05, 3.63) is 47.5 Å². The summed E-state index contributed by atoms with van der Waals surface area (Å²) in [6.45, 7) is 0.771. The van der Waals surface area contributed by atoms with Gasteiger partial charge < -0.3 is 19.1 Å². The van der Waals surface area contributed by atoms with Crippen molar-refractivity contribution >= 4 is 5.69 Å². The molecule has 0 saturated carbocycles. The van der Waals surface area contributed by atoms with Gasteiger partial charge in [0.05, 0.1) is 27.4 Å². The second kappa shape index (κ2) is 6.71. The molecule has 5 heteroatoms. The van der Waals surface area contributed by atoms with E-state index in [-0.39, 0.29) is 6.04 Å². The molecule has 2 aromatic rings. The fourth-order valence-corrected chi connectivity index (χ4v) is 3.14. The molecule has 0 N–H and O–H groups in total. The zero-order chi connectivity index (χ0) is 17.1. The third-order valence-electron chi connectivity index (χ3n) is 4.40. The summed E-state index contributed by atoms with van der Waals surface area (Å²) in [5, 5.41) is 9.77. The molecule has 0 unspecified atom stereocenters. The van der Waals surface area contributed by atoms with Gasteiger partial charge in [0.2, 0.25) is 0 Å². The Morgan fingerprint density at radius 2 is 1.67 bits per heavy atom. The standard InChI is InChI=1S/C19H20N2O3/c1-22-15-6-4-14(5-7-15)21-9-8-13-10-18(23-2)19(24-3)11-16(13)17(21)12-20/h4-7,10-11,17H,8-9H2,1-3H3/t17-/m0/s1. The molecule has 24 heavy (non-hydrogen) atoms. The van der Waals surface area contributed by atoms with Crippen LogP contribution in [0.25, 0.3) is 0 Å². The van der Waals surface area contributed by atoms with E-state index in [0.717, 1.165) is 35.5 Å². The molecule has 0 saturated heterocycles. The van der Waals surface area contributed by atoms with Crippen LogP contribution in [-0.2, 0) is 6.42 Å². The lowest BCUT2D eigenvalue weighted by molar-refractivity contribution is 0.353. The molecule has 5 nitrogen and oxygen atoms in total. The number of nitrogens with zero attached hydrogens (tertiary/aromatic N) is 2. The van der Waals surface area contributed by atoms with E-state index in [1.54, 1.807) is 21.3 Å². The van der Waals surface area contributed by atoms with E-state index in [0.29, 0.717) is 11.5 Å². The topological polar surface area (TPSA) is 54.7 Å². The molecule has 0 spiro atoms. The fraction of sp³-hybridized carbons (Fsp3) is 0.316. The maximum absolute atomic E-state index is 9.77. The summed E-state index contributed by atoms with van der Waals surface area (Å²) in [5.41, 5.74) is 3.10. The van der Waals surface area contributed by atoms with Crippen LogP contribution >= 0.6 is 0 Å². The summed E-state index contributed by atoms with van der Waals surface area (Å²) in [6, 6.07) is 13.7. The molecule has 1 atom stereocenters. The van der Waals surface area contributed by atoms with E-state index in [9.17, 15) is 5.26 Å². The van der Waals surface area contributed by atoms with Crippen LogP contribution in [0.5, 0.6) is 17.2 Å². The molecule has 0 amide bonds. The molecular formula is C19H20N2O3. The number of rotatable bonds is 4. The van der Waals surface area contributed by atoms with Crippen LogP contribution < -0.4 is 19.1 Å². The van der Waals surface area contributed by atoms with Gasteiger partial charge in [-0.1, -0.05) is 0 Å². The quantitative estimate of drug-likeness (QED) is 0.863. The molecule has 1 aliphatic heterocycles. The highest BCUT2D eigenvalue weighted by molar-refractivity contribution is 5.58. The lowest BCUT2D eigenvalue weighted by Gasteiger charge is -2.35. The van der Waals surface area contributed by atoms with E-state index >= 15 is 0 Å². The monoisotopic (exact) mass is 324 g/mol. The van der Waals surface area contributed by atoms with Gasteiger partial charge in [-0.15, -0.1) is 0 Å². The lowest BCUT2D eigenvalue weighted by atomic mass is 9.92. The molecule has 1 aliphatic rings. The summed E-state index contributed by atoms with van der Waals surface area (Å²) in [5.74, 6) is 2.15. The van der Waals surface area contributed by atoms with Crippen LogP contribution in [0.4, 0.5) is 5.69 Å². The Kier molecular flexibility index (Phi) is 4.48. The summed E-state index contributed by atoms with van der Waals surface area (Å²) < 4.78 is 16.0. The first-order valence-electron chi connectivity index (χ1n) is 7.77. The Morgan fingerprint density at radius 1 is 1.00 bits per heavy atom. The van der Waals surface area contributed by atoms with Crippen LogP contribution in [0.3, 0.4) is 0 Å². The average molecular weight is 324 g/mol. The van der Waals surface area contributed by atoms with Gasteiger partial charge in [0, 0.05) is 12.2 Å². The van der Waals surface area contributed by atoms with Crippen molar-refractivity contribution in [3.8, 4) is 23.3 Å². The van der Waals surface area contributed by atoms with Gasteiger partial charge in [0.25, 0.3) is 0 Å². The van der Waals surface area contributed by atoms with Crippen molar-refractivity contribution in [3.63, 3.8) is 0 Å². The molecule has 0 aromatic heterocycles. The molecule has 0 aliphatic carbocycles.